The highest BCUT2D eigenvalue weighted by molar-refractivity contribution is 5.94. The van der Waals surface area contributed by atoms with Gasteiger partial charge in [0.1, 0.15) is 11.9 Å². The number of rotatable bonds is 2. The smallest absolute Gasteiger partial charge is 0.322 e. The Balaban J connectivity index is 2.08. The minimum absolute atomic E-state index is 0.150. The molecule has 1 aromatic carbocycles. The van der Waals surface area contributed by atoms with Crippen LogP contribution in [0.2, 0.25) is 0 Å². The first-order valence-electron chi connectivity index (χ1n) is 6.22. The predicted molar refractivity (Wildman–Crippen MR) is 69.2 cm³/mol. The Morgan fingerprint density at radius 2 is 2.37 bits per heavy atom. The van der Waals surface area contributed by atoms with Crippen molar-refractivity contribution < 1.29 is 14.0 Å². The molecule has 2 N–H and O–H groups in total. The van der Waals surface area contributed by atoms with E-state index in [4.69, 9.17) is 0 Å². The van der Waals surface area contributed by atoms with Crippen LogP contribution in [0.15, 0.2) is 24.3 Å². The van der Waals surface area contributed by atoms with Crippen molar-refractivity contribution in [1.29, 1.82) is 0 Å². The molecule has 0 radical (unpaired) electrons. The molecule has 6 heteroatoms. The second-order valence-corrected chi connectivity index (χ2v) is 4.35. The van der Waals surface area contributed by atoms with Gasteiger partial charge in [0, 0.05) is 18.8 Å². The van der Waals surface area contributed by atoms with Crippen molar-refractivity contribution in [3.8, 4) is 0 Å². The molecule has 0 bridgehead atoms. The summed E-state index contributed by atoms with van der Waals surface area (Å²) in [5.74, 6) is -0.565. The topological polar surface area (TPSA) is 61.4 Å². The third-order valence-electron chi connectivity index (χ3n) is 3.05. The molecule has 1 heterocycles. The van der Waals surface area contributed by atoms with Gasteiger partial charge in [-0.2, -0.15) is 0 Å². The summed E-state index contributed by atoms with van der Waals surface area (Å²) in [5, 5.41) is 5.32. The molecule has 2 rings (SSSR count). The van der Waals surface area contributed by atoms with E-state index < -0.39 is 11.9 Å². The Labute approximate surface area is 110 Å². The van der Waals surface area contributed by atoms with E-state index in [9.17, 15) is 14.0 Å². The number of halogens is 1. The molecule has 5 nitrogen and oxygen atoms in total. The molecule has 1 unspecified atom stereocenters. The fourth-order valence-electron chi connectivity index (χ4n) is 2.13. The maximum absolute atomic E-state index is 13.0. The lowest BCUT2D eigenvalue weighted by Gasteiger charge is -2.34. The second kappa shape index (κ2) is 5.69. The van der Waals surface area contributed by atoms with E-state index >= 15 is 0 Å². The summed E-state index contributed by atoms with van der Waals surface area (Å²) in [4.78, 5) is 25.2. The SMILES string of the molecule is CCC1C(=O)NCCN1C(=O)Nc1cccc(F)c1. The Morgan fingerprint density at radius 1 is 1.58 bits per heavy atom. The first-order chi connectivity index (χ1) is 9.11. The Bertz CT molecular complexity index is 493. The van der Waals surface area contributed by atoms with Gasteiger partial charge in [-0.1, -0.05) is 13.0 Å². The lowest BCUT2D eigenvalue weighted by atomic mass is 10.1. The van der Waals surface area contributed by atoms with Crippen LogP contribution in [0.25, 0.3) is 0 Å². The van der Waals surface area contributed by atoms with E-state index in [-0.39, 0.29) is 11.9 Å². The molecule has 1 atom stereocenters. The molecule has 102 valence electrons. The molecular formula is C13H16FN3O2. The van der Waals surface area contributed by atoms with Crippen molar-refractivity contribution in [3.05, 3.63) is 30.1 Å². The minimum atomic E-state index is -0.470. The van der Waals surface area contributed by atoms with Gasteiger partial charge in [-0.05, 0) is 24.6 Å². The Hall–Kier alpha value is -2.11. The number of urea groups is 1. The van der Waals surface area contributed by atoms with Crippen LogP contribution in [0.5, 0.6) is 0 Å². The summed E-state index contributed by atoms with van der Waals surface area (Å²) < 4.78 is 13.0. The Morgan fingerprint density at radius 3 is 3.05 bits per heavy atom. The summed E-state index contributed by atoms with van der Waals surface area (Å²) >= 11 is 0. The van der Waals surface area contributed by atoms with E-state index in [0.717, 1.165) is 0 Å². The third-order valence-corrected chi connectivity index (χ3v) is 3.05. The molecule has 0 aromatic heterocycles. The van der Waals surface area contributed by atoms with Gasteiger partial charge in [0.05, 0.1) is 0 Å². The summed E-state index contributed by atoms with van der Waals surface area (Å²) in [5.41, 5.74) is 0.380. The molecule has 19 heavy (non-hydrogen) atoms. The zero-order valence-corrected chi connectivity index (χ0v) is 10.6. The molecule has 1 aliphatic heterocycles. The quantitative estimate of drug-likeness (QED) is 0.852. The molecule has 1 fully saturated rings. The minimum Gasteiger partial charge on any atom is -0.353 e. The molecular weight excluding hydrogens is 249 g/mol. The first kappa shape index (κ1) is 13.3. The van der Waals surface area contributed by atoms with E-state index in [1.54, 1.807) is 6.07 Å². The molecule has 3 amide bonds. The van der Waals surface area contributed by atoms with Crippen LogP contribution in [0.3, 0.4) is 0 Å². The first-order valence-corrected chi connectivity index (χ1v) is 6.22. The van der Waals surface area contributed by atoms with E-state index in [2.05, 4.69) is 10.6 Å². The van der Waals surface area contributed by atoms with Crippen LogP contribution in [-0.2, 0) is 4.79 Å². The van der Waals surface area contributed by atoms with Gasteiger partial charge in [-0.15, -0.1) is 0 Å². The molecule has 1 aliphatic rings. The van der Waals surface area contributed by atoms with Crippen molar-refractivity contribution >= 4 is 17.6 Å². The predicted octanol–water partition coefficient (Wildman–Crippen LogP) is 1.57. The highest BCUT2D eigenvalue weighted by Gasteiger charge is 2.31. The van der Waals surface area contributed by atoms with E-state index in [0.29, 0.717) is 25.2 Å². The van der Waals surface area contributed by atoms with Crippen LogP contribution in [0.1, 0.15) is 13.3 Å². The van der Waals surface area contributed by atoms with Gasteiger partial charge in [-0.25, -0.2) is 9.18 Å². The van der Waals surface area contributed by atoms with Crippen LogP contribution >= 0.6 is 0 Å². The van der Waals surface area contributed by atoms with Gasteiger partial charge in [0.15, 0.2) is 0 Å². The summed E-state index contributed by atoms with van der Waals surface area (Å²) in [6, 6.07) is 4.81. The number of carbonyl (C=O) groups excluding carboxylic acids is 2. The van der Waals surface area contributed by atoms with Gasteiger partial charge < -0.3 is 15.5 Å². The maximum Gasteiger partial charge on any atom is 0.322 e. The monoisotopic (exact) mass is 265 g/mol. The number of benzene rings is 1. The summed E-state index contributed by atoms with van der Waals surface area (Å²) in [7, 11) is 0. The lowest BCUT2D eigenvalue weighted by molar-refractivity contribution is -0.127. The average molecular weight is 265 g/mol. The fraction of sp³-hybridized carbons (Fsp3) is 0.385. The zero-order valence-electron chi connectivity index (χ0n) is 10.6. The van der Waals surface area contributed by atoms with Crippen LogP contribution in [-0.4, -0.2) is 36.0 Å². The largest absolute Gasteiger partial charge is 0.353 e. The Kier molecular flexibility index (Phi) is 3.99. The number of nitrogens with one attached hydrogen (secondary N) is 2. The van der Waals surface area contributed by atoms with Gasteiger partial charge in [0.2, 0.25) is 5.91 Å². The number of amides is 3. The van der Waals surface area contributed by atoms with Crippen LogP contribution in [0, 0.1) is 5.82 Å². The third kappa shape index (κ3) is 3.01. The van der Waals surface area contributed by atoms with Gasteiger partial charge in [-0.3, -0.25) is 4.79 Å². The fourth-order valence-corrected chi connectivity index (χ4v) is 2.13. The number of hydrogen-bond acceptors (Lipinski definition) is 2. The van der Waals surface area contributed by atoms with E-state index in [1.807, 2.05) is 6.92 Å². The molecule has 0 aliphatic carbocycles. The number of carbonyl (C=O) groups is 2. The van der Waals surface area contributed by atoms with Crippen molar-refractivity contribution in [1.82, 2.24) is 10.2 Å². The lowest BCUT2D eigenvalue weighted by Crippen LogP contribution is -2.57. The van der Waals surface area contributed by atoms with Gasteiger partial charge >= 0.3 is 6.03 Å². The van der Waals surface area contributed by atoms with Gasteiger partial charge in [0.25, 0.3) is 0 Å². The molecule has 0 spiro atoms. The van der Waals surface area contributed by atoms with Crippen LogP contribution < -0.4 is 10.6 Å². The molecule has 0 saturated carbocycles. The standard InChI is InChI=1S/C13H16FN3O2/c1-2-11-12(18)15-6-7-17(11)13(19)16-10-5-3-4-9(14)8-10/h3-5,8,11H,2,6-7H2,1H3,(H,15,18)(H,16,19). The highest BCUT2D eigenvalue weighted by atomic mass is 19.1. The molecule has 1 saturated heterocycles. The number of nitrogens with zero attached hydrogens (tertiary/aromatic N) is 1. The maximum atomic E-state index is 13.0. The molecule has 1 aromatic rings. The normalized spacial score (nSPS) is 18.9. The summed E-state index contributed by atoms with van der Waals surface area (Å²) in [6.07, 6.45) is 0.544. The van der Waals surface area contributed by atoms with Crippen molar-refractivity contribution in [2.75, 3.05) is 18.4 Å². The van der Waals surface area contributed by atoms with Crippen molar-refractivity contribution in [2.24, 2.45) is 0 Å². The number of anilines is 1. The van der Waals surface area contributed by atoms with Crippen molar-refractivity contribution in [3.63, 3.8) is 0 Å². The summed E-state index contributed by atoms with van der Waals surface area (Å²) in [6.45, 7) is 2.73. The second-order valence-electron chi connectivity index (χ2n) is 4.35. The van der Waals surface area contributed by atoms with E-state index in [1.165, 1.54) is 23.1 Å². The highest BCUT2D eigenvalue weighted by Crippen LogP contribution is 2.13. The average Bonchev–Trinajstić information content (AvgIpc) is 2.38. The zero-order chi connectivity index (χ0) is 13.8. The van der Waals surface area contributed by atoms with Crippen LogP contribution in [0.4, 0.5) is 14.9 Å². The van der Waals surface area contributed by atoms with Crippen molar-refractivity contribution in [2.45, 2.75) is 19.4 Å². The number of hydrogen-bond donors (Lipinski definition) is 2. The number of piperazine rings is 1.